The molecule has 0 aliphatic heterocycles. The van der Waals surface area contributed by atoms with E-state index in [0.717, 1.165) is 32.4 Å². The highest BCUT2D eigenvalue weighted by Gasteiger charge is 2.41. The monoisotopic (exact) mass is 269 g/mol. The molecule has 0 aromatic rings. The van der Waals surface area contributed by atoms with E-state index in [-0.39, 0.29) is 6.61 Å². The van der Waals surface area contributed by atoms with Crippen LogP contribution in [0.1, 0.15) is 25.7 Å². The van der Waals surface area contributed by atoms with Crippen LogP contribution in [-0.2, 0) is 9.47 Å². The Morgan fingerprint density at radius 3 is 2.50 bits per heavy atom. The molecule has 0 aromatic carbocycles. The van der Waals surface area contributed by atoms with Crippen molar-refractivity contribution in [3.63, 3.8) is 0 Å². The molecule has 3 nitrogen and oxygen atoms in total. The summed E-state index contributed by atoms with van der Waals surface area (Å²) in [6, 6.07) is 0. The quantitative estimate of drug-likeness (QED) is 0.618. The molecule has 0 bridgehead atoms. The normalized spacial score (nSPS) is 18.0. The second kappa shape index (κ2) is 7.31. The van der Waals surface area contributed by atoms with Crippen molar-refractivity contribution < 1.29 is 22.6 Å². The first-order chi connectivity index (χ1) is 8.47. The SMILES string of the molecule is COCCNCC1(CCCOCC(F)(F)F)CC1. The molecule has 18 heavy (non-hydrogen) atoms. The Kier molecular flexibility index (Phi) is 6.38. The van der Waals surface area contributed by atoms with Crippen LogP contribution in [0.2, 0.25) is 0 Å². The fraction of sp³-hybridized carbons (Fsp3) is 1.00. The number of hydrogen-bond donors (Lipinski definition) is 1. The highest BCUT2D eigenvalue weighted by Crippen LogP contribution is 2.48. The summed E-state index contributed by atoms with van der Waals surface area (Å²) < 4.78 is 45.0. The van der Waals surface area contributed by atoms with Crippen LogP contribution in [0, 0.1) is 5.41 Å². The number of hydrogen-bond acceptors (Lipinski definition) is 3. The summed E-state index contributed by atoms with van der Waals surface area (Å²) in [6.07, 6.45) is -0.260. The predicted molar refractivity (Wildman–Crippen MR) is 62.5 cm³/mol. The summed E-state index contributed by atoms with van der Waals surface area (Å²) >= 11 is 0. The van der Waals surface area contributed by atoms with Gasteiger partial charge in [-0.3, -0.25) is 0 Å². The van der Waals surface area contributed by atoms with E-state index in [1.807, 2.05) is 0 Å². The van der Waals surface area contributed by atoms with Crippen LogP contribution in [0.15, 0.2) is 0 Å². The van der Waals surface area contributed by atoms with Crippen LogP contribution in [0.5, 0.6) is 0 Å². The predicted octanol–water partition coefficient (Wildman–Crippen LogP) is 2.36. The Labute approximate surface area is 106 Å². The van der Waals surface area contributed by atoms with E-state index in [2.05, 4.69) is 10.1 Å². The van der Waals surface area contributed by atoms with E-state index >= 15 is 0 Å². The van der Waals surface area contributed by atoms with E-state index in [0.29, 0.717) is 18.4 Å². The Balaban J connectivity index is 1.98. The largest absolute Gasteiger partial charge is 0.411 e. The van der Waals surface area contributed by atoms with Gasteiger partial charge in [0, 0.05) is 26.8 Å². The minimum absolute atomic E-state index is 0.194. The second-order valence-corrected chi connectivity index (χ2v) is 4.94. The number of rotatable bonds is 10. The fourth-order valence-corrected chi connectivity index (χ4v) is 1.96. The standard InChI is InChI=1S/C12H22F3NO2/c1-17-8-6-16-9-11(4-5-11)3-2-7-18-10-12(13,14)15/h16H,2-10H2,1H3. The lowest BCUT2D eigenvalue weighted by Crippen LogP contribution is -2.27. The van der Waals surface area contributed by atoms with Crippen LogP contribution in [0.4, 0.5) is 13.2 Å². The Morgan fingerprint density at radius 1 is 1.22 bits per heavy atom. The maximum absolute atomic E-state index is 11.8. The average Bonchev–Trinajstić information content (AvgIpc) is 3.03. The van der Waals surface area contributed by atoms with Crippen LogP contribution in [0.3, 0.4) is 0 Å². The van der Waals surface area contributed by atoms with Crippen molar-refractivity contribution in [1.82, 2.24) is 5.32 Å². The third-order valence-electron chi connectivity index (χ3n) is 3.20. The topological polar surface area (TPSA) is 30.5 Å². The molecular weight excluding hydrogens is 247 g/mol. The van der Waals surface area contributed by atoms with Gasteiger partial charge >= 0.3 is 6.18 Å². The van der Waals surface area contributed by atoms with E-state index in [1.54, 1.807) is 7.11 Å². The van der Waals surface area contributed by atoms with E-state index in [4.69, 9.17) is 4.74 Å². The molecule has 1 N–H and O–H groups in total. The number of halogens is 3. The average molecular weight is 269 g/mol. The summed E-state index contributed by atoms with van der Waals surface area (Å²) in [5, 5.41) is 3.31. The van der Waals surface area contributed by atoms with Gasteiger partial charge in [-0.05, 0) is 31.1 Å². The van der Waals surface area contributed by atoms with Gasteiger partial charge in [-0.25, -0.2) is 0 Å². The van der Waals surface area contributed by atoms with E-state index in [9.17, 15) is 13.2 Å². The van der Waals surface area contributed by atoms with Gasteiger partial charge in [0.15, 0.2) is 0 Å². The number of nitrogens with one attached hydrogen (secondary N) is 1. The first-order valence-corrected chi connectivity index (χ1v) is 6.32. The molecule has 1 fully saturated rings. The molecule has 0 aromatic heterocycles. The molecule has 108 valence electrons. The first kappa shape index (κ1) is 15.7. The van der Waals surface area contributed by atoms with Gasteiger partial charge in [-0.15, -0.1) is 0 Å². The van der Waals surface area contributed by atoms with E-state index in [1.165, 1.54) is 0 Å². The molecular formula is C12H22F3NO2. The lowest BCUT2D eigenvalue weighted by Gasteiger charge is -2.16. The van der Waals surface area contributed by atoms with Crippen molar-refractivity contribution in [3.05, 3.63) is 0 Å². The molecule has 0 amide bonds. The molecule has 0 radical (unpaired) electrons. The summed E-state index contributed by atoms with van der Waals surface area (Å²) in [7, 11) is 1.66. The number of methoxy groups -OCH3 is 1. The van der Waals surface area contributed by atoms with Gasteiger partial charge in [0.25, 0.3) is 0 Å². The summed E-state index contributed by atoms with van der Waals surface area (Å²) in [6.45, 7) is 1.49. The molecule has 0 unspecified atom stereocenters. The number of ether oxygens (including phenoxy) is 2. The Bertz CT molecular complexity index is 230. The Hall–Kier alpha value is -0.330. The zero-order valence-electron chi connectivity index (χ0n) is 10.8. The molecule has 0 spiro atoms. The zero-order valence-corrected chi connectivity index (χ0v) is 10.8. The maximum atomic E-state index is 11.8. The second-order valence-electron chi connectivity index (χ2n) is 4.94. The molecule has 1 saturated carbocycles. The van der Waals surface area contributed by atoms with Crippen molar-refractivity contribution >= 4 is 0 Å². The lowest BCUT2D eigenvalue weighted by atomic mass is 10.0. The zero-order chi connectivity index (χ0) is 13.5. The van der Waals surface area contributed by atoms with Gasteiger partial charge in [-0.1, -0.05) is 0 Å². The smallest absolute Gasteiger partial charge is 0.383 e. The van der Waals surface area contributed by atoms with Gasteiger partial charge in [0.1, 0.15) is 6.61 Å². The van der Waals surface area contributed by atoms with Crippen LogP contribution < -0.4 is 5.32 Å². The molecule has 0 saturated heterocycles. The molecule has 1 aliphatic carbocycles. The van der Waals surface area contributed by atoms with Crippen molar-refractivity contribution in [3.8, 4) is 0 Å². The van der Waals surface area contributed by atoms with Crippen LogP contribution in [-0.4, -0.2) is 46.2 Å². The minimum Gasteiger partial charge on any atom is -0.383 e. The molecule has 0 atom stereocenters. The van der Waals surface area contributed by atoms with Gasteiger partial charge < -0.3 is 14.8 Å². The molecule has 6 heteroatoms. The van der Waals surface area contributed by atoms with Gasteiger partial charge in [0.05, 0.1) is 6.61 Å². The first-order valence-electron chi connectivity index (χ1n) is 6.32. The highest BCUT2D eigenvalue weighted by atomic mass is 19.4. The third-order valence-corrected chi connectivity index (χ3v) is 3.20. The lowest BCUT2D eigenvalue weighted by molar-refractivity contribution is -0.174. The van der Waals surface area contributed by atoms with Crippen molar-refractivity contribution in [2.75, 3.05) is 40.0 Å². The van der Waals surface area contributed by atoms with Gasteiger partial charge in [-0.2, -0.15) is 13.2 Å². The van der Waals surface area contributed by atoms with Crippen molar-refractivity contribution in [2.45, 2.75) is 31.9 Å². The summed E-state index contributed by atoms with van der Waals surface area (Å²) in [5.41, 5.74) is 0.301. The molecule has 1 aliphatic rings. The minimum atomic E-state index is -4.21. The van der Waals surface area contributed by atoms with Crippen LogP contribution in [0.25, 0.3) is 0 Å². The summed E-state index contributed by atoms with van der Waals surface area (Å²) in [5.74, 6) is 0. The van der Waals surface area contributed by atoms with Gasteiger partial charge in [0.2, 0.25) is 0 Å². The molecule has 1 rings (SSSR count). The summed E-state index contributed by atoms with van der Waals surface area (Å²) in [4.78, 5) is 0. The van der Waals surface area contributed by atoms with Crippen LogP contribution >= 0.6 is 0 Å². The van der Waals surface area contributed by atoms with Crippen molar-refractivity contribution in [2.24, 2.45) is 5.41 Å². The maximum Gasteiger partial charge on any atom is 0.411 e. The third kappa shape index (κ3) is 7.18. The molecule has 0 heterocycles. The fourth-order valence-electron chi connectivity index (χ4n) is 1.96. The van der Waals surface area contributed by atoms with E-state index < -0.39 is 12.8 Å². The van der Waals surface area contributed by atoms with Crippen molar-refractivity contribution in [1.29, 1.82) is 0 Å². The highest BCUT2D eigenvalue weighted by molar-refractivity contribution is 4.94. The Morgan fingerprint density at radius 2 is 1.94 bits per heavy atom. The number of alkyl halides is 3.